The van der Waals surface area contributed by atoms with Gasteiger partial charge >= 0.3 is 0 Å². The molecule has 3 aromatic rings. The molecule has 3 rings (SSSR count). The Morgan fingerprint density at radius 3 is 2.03 bits per heavy atom. The number of carbonyl (C=O) groups is 2. The first kappa shape index (κ1) is 24.9. The zero-order chi connectivity index (χ0) is 24.7. The molecule has 0 bridgehead atoms. The van der Waals surface area contributed by atoms with E-state index in [9.17, 15) is 22.4 Å². The van der Waals surface area contributed by atoms with E-state index >= 15 is 0 Å². The largest absolute Gasteiger partial charge is 0.357 e. The van der Waals surface area contributed by atoms with E-state index in [1.807, 2.05) is 30.3 Å². The van der Waals surface area contributed by atoms with Crippen molar-refractivity contribution in [3.05, 3.63) is 96.3 Å². The third-order valence-corrected chi connectivity index (χ3v) is 7.12. The lowest BCUT2D eigenvalue weighted by Crippen LogP contribution is -2.50. The van der Waals surface area contributed by atoms with E-state index < -0.39 is 34.3 Å². The van der Waals surface area contributed by atoms with Gasteiger partial charge in [0.15, 0.2) is 0 Å². The van der Waals surface area contributed by atoms with Crippen LogP contribution in [0.2, 0.25) is 0 Å². The van der Waals surface area contributed by atoms with E-state index in [0.717, 1.165) is 22.0 Å². The Hall–Kier alpha value is -3.72. The number of nitrogens with one attached hydrogen (secondary N) is 1. The Morgan fingerprint density at radius 2 is 1.47 bits per heavy atom. The van der Waals surface area contributed by atoms with Crippen molar-refractivity contribution in [3.8, 4) is 0 Å². The van der Waals surface area contributed by atoms with Gasteiger partial charge < -0.3 is 10.2 Å². The van der Waals surface area contributed by atoms with Gasteiger partial charge in [-0.05, 0) is 48.9 Å². The molecular formula is C25H26FN3O4S. The molecule has 9 heteroatoms. The summed E-state index contributed by atoms with van der Waals surface area (Å²) in [5.74, 6) is -1.50. The molecule has 0 radical (unpaired) electrons. The van der Waals surface area contributed by atoms with Crippen LogP contribution in [-0.2, 0) is 26.2 Å². The van der Waals surface area contributed by atoms with Gasteiger partial charge in [-0.2, -0.15) is 0 Å². The van der Waals surface area contributed by atoms with Crippen LogP contribution in [0.1, 0.15) is 12.5 Å². The van der Waals surface area contributed by atoms with Crippen LogP contribution in [0.4, 0.5) is 10.1 Å². The number of likely N-dealkylation sites (N-methyl/N-ethyl adjacent to an activating group) is 1. The zero-order valence-corrected chi connectivity index (χ0v) is 19.7. The maximum Gasteiger partial charge on any atom is 0.264 e. The number of benzene rings is 3. The summed E-state index contributed by atoms with van der Waals surface area (Å²) in [4.78, 5) is 27.2. The highest BCUT2D eigenvalue weighted by molar-refractivity contribution is 7.92. The summed E-state index contributed by atoms with van der Waals surface area (Å²) in [5, 5.41) is 2.53. The normalized spacial score (nSPS) is 12.0. The van der Waals surface area contributed by atoms with Crippen LogP contribution >= 0.6 is 0 Å². The van der Waals surface area contributed by atoms with Crippen LogP contribution in [0, 0.1) is 5.82 Å². The number of sulfonamides is 1. The fourth-order valence-corrected chi connectivity index (χ4v) is 4.86. The van der Waals surface area contributed by atoms with Crippen molar-refractivity contribution < 1.29 is 22.4 Å². The minimum atomic E-state index is -4.16. The second kappa shape index (κ2) is 10.9. The van der Waals surface area contributed by atoms with E-state index in [4.69, 9.17) is 0 Å². The highest BCUT2D eigenvalue weighted by Crippen LogP contribution is 2.24. The summed E-state index contributed by atoms with van der Waals surface area (Å²) in [6, 6.07) is 20.8. The maximum absolute atomic E-state index is 13.5. The molecule has 0 saturated carbocycles. The van der Waals surface area contributed by atoms with Gasteiger partial charge in [0.1, 0.15) is 18.4 Å². The molecule has 0 fully saturated rings. The highest BCUT2D eigenvalue weighted by atomic mass is 32.2. The van der Waals surface area contributed by atoms with Crippen LogP contribution < -0.4 is 9.62 Å². The Balaban J connectivity index is 2.00. The first-order valence-electron chi connectivity index (χ1n) is 10.6. The number of carbonyl (C=O) groups excluding carboxylic acids is 2. The average Bonchev–Trinajstić information content (AvgIpc) is 2.86. The third kappa shape index (κ3) is 5.79. The minimum absolute atomic E-state index is 0.0129. The van der Waals surface area contributed by atoms with E-state index in [1.54, 1.807) is 25.1 Å². The lowest BCUT2D eigenvalue weighted by Gasteiger charge is -2.31. The Labute approximate surface area is 198 Å². The van der Waals surface area contributed by atoms with Crippen molar-refractivity contribution in [2.75, 3.05) is 17.9 Å². The zero-order valence-electron chi connectivity index (χ0n) is 18.9. The van der Waals surface area contributed by atoms with Gasteiger partial charge in [0.25, 0.3) is 10.0 Å². The Kier molecular flexibility index (Phi) is 8.01. The van der Waals surface area contributed by atoms with Gasteiger partial charge in [-0.3, -0.25) is 13.9 Å². The number of amides is 2. The van der Waals surface area contributed by atoms with Gasteiger partial charge in [-0.15, -0.1) is 0 Å². The number of hydrogen-bond donors (Lipinski definition) is 1. The average molecular weight is 484 g/mol. The molecule has 178 valence electrons. The van der Waals surface area contributed by atoms with Crippen LogP contribution in [0.5, 0.6) is 0 Å². The molecule has 1 atom stereocenters. The lowest BCUT2D eigenvalue weighted by molar-refractivity contribution is -0.139. The van der Waals surface area contributed by atoms with Gasteiger partial charge in [0, 0.05) is 13.6 Å². The van der Waals surface area contributed by atoms with Gasteiger partial charge in [0.05, 0.1) is 10.6 Å². The van der Waals surface area contributed by atoms with Crippen molar-refractivity contribution in [2.24, 2.45) is 0 Å². The predicted molar refractivity (Wildman–Crippen MR) is 128 cm³/mol. The third-order valence-electron chi connectivity index (χ3n) is 5.33. The summed E-state index contributed by atoms with van der Waals surface area (Å²) >= 11 is 0. The minimum Gasteiger partial charge on any atom is -0.357 e. The van der Waals surface area contributed by atoms with Crippen LogP contribution in [0.15, 0.2) is 89.8 Å². The summed E-state index contributed by atoms with van der Waals surface area (Å²) < 4.78 is 41.4. The molecule has 2 amide bonds. The quantitative estimate of drug-likeness (QED) is 0.507. The molecule has 0 spiro atoms. The smallest absolute Gasteiger partial charge is 0.264 e. The maximum atomic E-state index is 13.5. The van der Waals surface area contributed by atoms with E-state index in [2.05, 4.69) is 5.32 Å². The predicted octanol–water partition coefficient (Wildman–Crippen LogP) is 3.18. The molecule has 1 unspecified atom stereocenters. The molecule has 34 heavy (non-hydrogen) atoms. The van der Waals surface area contributed by atoms with E-state index in [1.165, 1.54) is 36.2 Å². The first-order valence-corrected chi connectivity index (χ1v) is 12.1. The molecule has 0 aliphatic carbocycles. The molecule has 3 aromatic carbocycles. The fourth-order valence-electron chi connectivity index (χ4n) is 3.43. The lowest BCUT2D eigenvalue weighted by atomic mass is 10.1. The van der Waals surface area contributed by atoms with Crippen molar-refractivity contribution in [2.45, 2.75) is 24.4 Å². The number of rotatable bonds is 9. The molecular weight excluding hydrogens is 457 g/mol. The Morgan fingerprint density at radius 1 is 0.912 bits per heavy atom. The molecule has 0 heterocycles. The molecule has 0 saturated heterocycles. The van der Waals surface area contributed by atoms with Crippen molar-refractivity contribution >= 4 is 27.5 Å². The summed E-state index contributed by atoms with van der Waals surface area (Å²) in [7, 11) is -2.69. The van der Waals surface area contributed by atoms with Crippen LogP contribution in [0.25, 0.3) is 0 Å². The number of anilines is 1. The molecule has 0 aliphatic rings. The van der Waals surface area contributed by atoms with E-state index in [-0.39, 0.29) is 23.0 Å². The monoisotopic (exact) mass is 483 g/mol. The summed E-state index contributed by atoms with van der Waals surface area (Å²) in [5.41, 5.74) is 0.914. The van der Waals surface area contributed by atoms with Crippen LogP contribution in [-0.4, -0.2) is 44.8 Å². The van der Waals surface area contributed by atoms with E-state index in [0.29, 0.717) is 0 Å². The first-order chi connectivity index (χ1) is 16.2. The van der Waals surface area contributed by atoms with Crippen molar-refractivity contribution in [3.63, 3.8) is 0 Å². The fraction of sp³-hybridized carbons (Fsp3) is 0.200. The topological polar surface area (TPSA) is 86.8 Å². The molecule has 7 nitrogen and oxygen atoms in total. The van der Waals surface area contributed by atoms with Crippen LogP contribution in [0.3, 0.4) is 0 Å². The second-order valence-corrected chi connectivity index (χ2v) is 9.46. The van der Waals surface area contributed by atoms with Gasteiger partial charge in [0.2, 0.25) is 11.8 Å². The van der Waals surface area contributed by atoms with Gasteiger partial charge in [-0.1, -0.05) is 48.5 Å². The molecule has 0 aromatic heterocycles. The number of nitrogens with zero attached hydrogens (tertiary/aromatic N) is 2. The SMILES string of the molecule is CNC(=O)C(C)N(Cc1ccccc1)C(=O)CN(c1ccc(F)cc1)S(=O)(=O)c1ccccc1. The van der Waals surface area contributed by atoms with Crippen molar-refractivity contribution in [1.29, 1.82) is 0 Å². The molecule has 0 aliphatic heterocycles. The summed E-state index contributed by atoms with van der Waals surface area (Å²) in [6.07, 6.45) is 0. The van der Waals surface area contributed by atoms with Gasteiger partial charge in [-0.25, -0.2) is 12.8 Å². The number of halogens is 1. The Bertz CT molecular complexity index is 1220. The standard InChI is InChI=1S/C25H26FN3O4S/c1-19(25(31)27-2)28(17-20-9-5-3-6-10-20)24(30)18-29(22-15-13-21(26)14-16-22)34(32,33)23-11-7-4-8-12-23/h3-16,19H,17-18H2,1-2H3,(H,27,31). The summed E-state index contributed by atoms with van der Waals surface area (Å²) in [6.45, 7) is 1.11. The number of hydrogen-bond acceptors (Lipinski definition) is 4. The second-order valence-electron chi connectivity index (χ2n) is 7.60. The molecule has 1 N–H and O–H groups in total. The van der Waals surface area contributed by atoms with Crippen molar-refractivity contribution in [1.82, 2.24) is 10.2 Å². The highest BCUT2D eigenvalue weighted by Gasteiger charge is 2.32.